The summed E-state index contributed by atoms with van der Waals surface area (Å²) in [6.45, 7) is 1.48. The number of nitrogens with one attached hydrogen (secondary N) is 1. The topological polar surface area (TPSA) is 76.8 Å². The van der Waals surface area contributed by atoms with Crippen molar-refractivity contribution in [2.75, 3.05) is 14.2 Å². The van der Waals surface area contributed by atoms with Gasteiger partial charge in [-0.2, -0.15) is 0 Å². The molecule has 8 heteroatoms. The molecule has 4 rings (SSSR count). The molecule has 0 unspecified atom stereocenters. The minimum atomic E-state index is -0.435. The van der Waals surface area contributed by atoms with E-state index in [1.54, 1.807) is 32.6 Å². The third kappa shape index (κ3) is 3.03. The van der Waals surface area contributed by atoms with Crippen LogP contribution >= 0.6 is 11.6 Å². The Balaban J connectivity index is 1.84. The van der Waals surface area contributed by atoms with Crippen molar-refractivity contribution in [1.82, 2.24) is 15.4 Å². The monoisotopic (exact) mass is 399 g/mol. The summed E-state index contributed by atoms with van der Waals surface area (Å²) in [5.41, 5.74) is 5.12. The lowest BCUT2D eigenvalue weighted by Crippen LogP contribution is -2.38. The highest BCUT2D eigenvalue weighted by atomic mass is 35.5. The van der Waals surface area contributed by atoms with Crippen LogP contribution in [0.5, 0.6) is 11.5 Å². The average Bonchev–Trinajstić information content (AvgIpc) is 3.36. The lowest BCUT2D eigenvalue weighted by molar-refractivity contribution is -0.132. The van der Waals surface area contributed by atoms with Crippen molar-refractivity contribution in [1.29, 1.82) is 0 Å². The van der Waals surface area contributed by atoms with E-state index in [1.165, 1.54) is 11.9 Å². The zero-order valence-electron chi connectivity index (χ0n) is 15.5. The Hall–Kier alpha value is -3.19. The maximum Gasteiger partial charge on any atom is 0.238 e. The van der Waals surface area contributed by atoms with Gasteiger partial charge in [0.2, 0.25) is 5.91 Å². The van der Waals surface area contributed by atoms with Crippen LogP contribution in [0.2, 0.25) is 5.15 Å². The van der Waals surface area contributed by atoms with Crippen LogP contribution in [0.3, 0.4) is 0 Å². The zero-order valence-corrected chi connectivity index (χ0v) is 16.3. The zero-order chi connectivity index (χ0) is 19.8. The molecular formula is C20H18ClN3O4. The number of rotatable bonds is 4. The second-order valence-corrected chi connectivity index (χ2v) is 6.63. The van der Waals surface area contributed by atoms with Crippen molar-refractivity contribution >= 4 is 34.1 Å². The van der Waals surface area contributed by atoms with Gasteiger partial charge in [0.15, 0.2) is 17.3 Å². The summed E-state index contributed by atoms with van der Waals surface area (Å²) in [5.74, 6) is 1.63. The fourth-order valence-electron chi connectivity index (χ4n) is 3.24. The number of carbonyl (C=O) groups is 1. The van der Waals surface area contributed by atoms with Crippen molar-refractivity contribution in [3.63, 3.8) is 0 Å². The highest BCUT2D eigenvalue weighted by Crippen LogP contribution is 2.38. The van der Waals surface area contributed by atoms with Crippen LogP contribution in [0.4, 0.5) is 0 Å². The molecule has 1 aliphatic heterocycles. The maximum absolute atomic E-state index is 12.2. The molecule has 1 aromatic carbocycles. The number of ether oxygens (including phenoxy) is 2. The lowest BCUT2D eigenvalue weighted by atomic mass is 10.0. The van der Waals surface area contributed by atoms with Gasteiger partial charge in [-0.25, -0.2) is 9.99 Å². The summed E-state index contributed by atoms with van der Waals surface area (Å²) in [7, 11) is 3.14. The van der Waals surface area contributed by atoms with Crippen molar-refractivity contribution in [3.8, 4) is 11.5 Å². The smallest absolute Gasteiger partial charge is 0.238 e. The molecule has 1 aliphatic rings. The molecule has 2 aromatic heterocycles. The van der Waals surface area contributed by atoms with Gasteiger partial charge in [0.05, 0.1) is 31.7 Å². The highest BCUT2D eigenvalue weighted by molar-refractivity contribution is 6.30. The number of halogens is 1. The number of methoxy groups -OCH3 is 2. The molecule has 3 heterocycles. The minimum Gasteiger partial charge on any atom is -0.493 e. The summed E-state index contributed by atoms with van der Waals surface area (Å²) in [6, 6.07) is 8.67. The maximum atomic E-state index is 12.2. The number of benzene rings is 1. The molecule has 1 amide bonds. The highest BCUT2D eigenvalue weighted by Gasteiger charge is 2.31. The first-order chi connectivity index (χ1) is 13.5. The molecule has 144 valence electrons. The quantitative estimate of drug-likeness (QED) is 0.669. The van der Waals surface area contributed by atoms with Crippen LogP contribution in [0.25, 0.3) is 16.6 Å². The number of nitrogens with zero attached hydrogens (tertiary/aromatic N) is 2. The molecular weight excluding hydrogens is 382 g/mol. The second kappa shape index (κ2) is 7.09. The van der Waals surface area contributed by atoms with Gasteiger partial charge in [0.1, 0.15) is 11.2 Å². The number of pyridine rings is 1. The Labute approximate surface area is 166 Å². The van der Waals surface area contributed by atoms with E-state index in [0.717, 1.165) is 5.39 Å². The fraction of sp³-hybridized carbons (Fsp3) is 0.200. The molecule has 0 aliphatic carbocycles. The van der Waals surface area contributed by atoms with Crippen LogP contribution in [0, 0.1) is 0 Å². The Morgan fingerprint density at radius 1 is 1.25 bits per heavy atom. The van der Waals surface area contributed by atoms with Gasteiger partial charge >= 0.3 is 0 Å². The SMILES string of the molecule is COc1cc2cc([C@@H]3C=C(c4ccco4)NN3C(C)=O)c(Cl)nc2cc1OC. The van der Waals surface area contributed by atoms with Gasteiger partial charge in [0.25, 0.3) is 0 Å². The largest absolute Gasteiger partial charge is 0.493 e. The number of furan rings is 1. The summed E-state index contributed by atoms with van der Waals surface area (Å²) in [6.07, 6.45) is 3.46. The van der Waals surface area contributed by atoms with E-state index >= 15 is 0 Å². The number of hydrogen-bond donors (Lipinski definition) is 1. The Kier molecular flexibility index (Phi) is 4.60. The van der Waals surface area contributed by atoms with Gasteiger partial charge in [-0.3, -0.25) is 10.2 Å². The first-order valence-corrected chi connectivity index (χ1v) is 8.94. The molecule has 1 atom stereocenters. The summed E-state index contributed by atoms with van der Waals surface area (Å²) in [5, 5.41) is 2.61. The third-order valence-corrected chi connectivity index (χ3v) is 4.89. The summed E-state index contributed by atoms with van der Waals surface area (Å²) < 4.78 is 16.1. The van der Waals surface area contributed by atoms with Crippen LogP contribution < -0.4 is 14.9 Å². The molecule has 0 radical (unpaired) electrons. The van der Waals surface area contributed by atoms with Crippen LogP contribution in [0.15, 0.2) is 47.1 Å². The normalized spacial score (nSPS) is 16.1. The van der Waals surface area contributed by atoms with Crippen LogP contribution in [0.1, 0.15) is 24.3 Å². The number of aromatic nitrogens is 1. The number of carbonyl (C=O) groups excluding carboxylic acids is 1. The minimum absolute atomic E-state index is 0.161. The van der Waals surface area contributed by atoms with E-state index in [4.69, 9.17) is 25.5 Å². The predicted octanol–water partition coefficient (Wildman–Crippen LogP) is 3.95. The van der Waals surface area contributed by atoms with Gasteiger partial charge in [0, 0.05) is 23.9 Å². The number of amides is 1. The standard InChI is InChI=1S/C20H18ClN3O4/c1-11(25)24-16(9-15(23-24)17-5-4-6-28-17)13-7-12-8-18(26-2)19(27-3)10-14(12)22-20(13)21/h4-10,16,23H,1-3H3/t16-/m0/s1. The lowest BCUT2D eigenvalue weighted by Gasteiger charge is -2.24. The van der Waals surface area contributed by atoms with Gasteiger partial charge < -0.3 is 13.9 Å². The number of hydrazine groups is 1. The fourth-order valence-corrected chi connectivity index (χ4v) is 3.50. The van der Waals surface area contributed by atoms with Crippen LogP contribution in [-0.2, 0) is 4.79 Å². The van der Waals surface area contributed by atoms with Crippen molar-refractivity contribution < 1.29 is 18.7 Å². The van der Waals surface area contributed by atoms with E-state index in [2.05, 4.69) is 10.4 Å². The first kappa shape index (κ1) is 18.2. The van der Waals surface area contributed by atoms with E-state index in [0.29, 0.717) is 39.2 Å². The number of hydrogen-bond acceptors (Lipinski definition) is 6. The third-order valence-electron chi connectivity index (χ3n) is 4.59. The van der Waals surface area contributed by atoms with E-state index < -0.39 is 6.04 Å². The Morgan fingerprint density at radius 2 is 2.00 bits per heavy atom. The molecule has 3 aromatic rings. The van der Waals surface area contributed by atoms with Crippen molar-refractivity contribution in [2.24, 2.45) is 0 Å². The first-order valence-electron chi connectivity index (χ1n) is 8.56. The number of fused-ring (bicyclic) bond motifs is 1. The molecule has 28 heavy (non-hydrogen) atoms. The van der Waals surface area contributed by atoms with Gasteiger partial charge in [-0.15, -0.1) is 0 Å². The summed E-state index contributed by atoms with van der Waals surface area (Å²) >= 11 is 6.49. The van der Waals surface area contributed by atoms with Crippen LogP contribution in [-0.4, -0.2) is 30.1 Å². The molecule has 7 nitrogen and oxygen atoms in total. The average molecular weight is 400 g/mol. The second-order valence-electron chi connectivity index (χ2n) is 6.27. The molecule has 0 spiro atoms. The van der Waals surface area contributed by atoms with Crippen molar-refractivity contribution in [2.45, 2.75) is 13.0 Å². The van der Waals surface area contributed by atoms with Crippen molar-refractivity contribution in [3.05, 3.63) is 59.1 Å². The molecule has 0 saturated heterocycles. The summed E-state index contributed by atoms with van der Waals surface area (Å²) in [4.78, 5) is 16.7. The molecule has 0 fully saturated rings. The molecule has 1 N–H and O–H groups in total. The van der Waals surface area contributed by atoms with E-state index in [1.807, 2.05) is 24.3 Å². The van der Waals surface area contributed by atoms with E-state index in [-0.39, 0.29) is 5.91 Å². The Morgan fingerprint density at radius 3 is 2.64 bits per heavy atom. The molecule has 0 bridgehead atoms. The predicted molar refractivity (Wildman–Crippen MR) is 105 cm³/mol. The van der Waals surface area contributed by atoms with Gasteiger partial charge in [-0.1, -0.05) is 11.6 Å². The van der Waals surface area contributed by atoms with E-state index in [9.17, 15) is 4.79 Å². The molecule has 0 saturated carbocycles. The Bertz CT molecular complexity index is 1080. The van der Waals surface area contributed by atoms with Gasteiger partial charge in [-0.05, 0) is 30.3 Å².